The molecule has 0 saturated carbocycles. The van der Waals surface area contributed by atoms with Gasteiger partial charge in [-0.05, 0) is 19.0 Å². The van der Waals surface area contributed by atoms with E-state index in [1.54, 1.807) is 0 Å². The van der Waals surface area contributed by atoms with Crippen molar-refractivity contribution >= 4 is 11.9 Å². The highest BCUT2D eigenvalue weighted by molar-refractivity contribution is 5.93. The number of hydrogen-bond acceptors (Lipinski definition) is 2. The van der Waals surface area contributed by atoms with Crippen molar-refractivity contribution < 1.29 is 14.7 Å². The Hall–Kier alpha value is -1.32. The van der Waals surface area contributed by atoms with Gasteiger partial charge in [0.25, 0.3) is 0 Å². The minimum Gasteiger partial charge on any atom is -0.481 e. The van der Waals surface area contributed by atoms with Gasteiger partial charge in [0.15, 0.2) is 0 Å². The van der Waals surface area contributed by atoms with Crippen molar-refractivity contribution in [3.05, 3.63) is 12.3 Å². The summed E-state index contributed by atoms with van der Waals surface area (Å²) in [6.45, 7) is 2.12. The summed E-state index contributed by atoms with van der Waals surface area (Å²) < 4.78 is 0. The number of rotatable bonds is 7. The second-order valence-electron chi connectivity index (χ2n) is 3.04. The zero-order valence-corrected chi connectivity index (χ0v) is 8.45. The molecular weight excluding hydrogens is 182 g/mol. The van der Waals surface area contributed by atoms with Crippen molar-refractivity contribution in [1.82, 2.24) is 5.32 Å². The normalized spacial score (nSPS) is 10.4. The molecule has 14 heavy (non-hydrogen) atoms. The lowest BCUT2D eigenvalue weighted by Crippen LogP contribution is -2.20. The Morgan fingerprint density at radius 2 is 2.07 bits per heavy atom. The van der Waals surface area contributed by atoms with E-state index in [0.29, 0.717) is 0 Å². The fourth-order valence-electron chi connectivity index (χ4n) is 0.936. The van der Waals surface area contributed by atoms with Gasteiger partial charge in [-0.25, -0.2) is 0 Å². The van der Waals surface area contributed by atoms with E-state index in [1.807, 2.05) is 6.08 Å². The van der Waals surface area contributed by atoms with Crippen LogP contribution in [0.2, 0.25) is 0 Å². The van der Waals surface area contributed by atoms with Gasteiger partial charge in [-0.1, -0.05) is 25.8 Å². The number of nitrogens with one attached hydrogen (secondary N) is 1. The summed E-state index contributed by atoms with van der Waals surface area (Å²) in [6, 6.07) is 0. The van der Waals surface area contributed by atoms with Crippen molar-refractivity contribution in [2.75, 3.05) is 0 Å². The predicted octanol–water partition coefficient (Wildman–Crippen LogP) is 1.67. The van der Waals surface area contributed by atoms with E-state index in [-0.39, 0.29) is 0 Å². The molecule has 0 aromatic carbocycles. The van der Waals surface area contributed by atoms with Gasteiger partial charge in [0.2, 0.25) is 5.91 Å². The van der Waals surface area contributed by atoms with Crippen LogP contribution in [0.4, 0.5) is 0 Å². The van der Waals surface area contributed by atoms with E-state index in [1.165, 1.54) is 19.0 Å². The van der Waals surface area contributed by atoms with E-state index in [0.717, 1.165) is 12.8 Å². The van der Waals surface area contributed by atoms with Crippen LogP contribution in [-0.2, 0) is 9.59 Å². The van der Waals surface area contributed by atoms with Crippen LogP contribution in [0.1, 0.15) is 39.0 Å². The van der Waals surface area contributed by atoms with Gasteiger partial charge in [0, 0.05) is 0 Å². The van der Waals surface area contributed by atoms with Gasteiger partial charge in [-0.15, -0.1) is 0 Å². The number of aliphatic carboxylic acids is 1. The summed E-state index contributed by atoms with van der Waals surface area (Å²) in [5, 5.41) is 10.7. The second kappa shape index (κ2) is 8.29. The number of carbonyl (C=O) groups excluding carboxylic acids is 1. The van der Waals surface area contributed by atoms with Crippen molar-refractivity contribution in [2.24, 2.45) is 0 Å². The number of unbranched alkanes of at least 4 members (excludes halogenated alkanes) is 3. The minimum atomic E-state index is -1.11. The number of carbonyl (C=O) groups is 2. The van der Waals surface area contributed by atoms with Crippen molar-refractivity contribution in [1.29, 1.82) is 0 Å². The molecule has 0 aliphatic carbocycles. The summed E-state index contributed by atoms with van der Waals surface area (Å²) in [4.78, 5) is 20.9. The monoisotopic (exact) mass is 199 g/mol. The van der Waals surface area contributed by atoms with Gasteiger partial charge in [-0.3, -0.25) is 9.59 Å². The van der Waals surface area contributed by atoms with E-state index < -0.39 is 18.3 Å². The molecule has 0 heterocycles. The lowest BCUT2D eigenvalue weighted by atomic mass is 10.2. The van der Waals surface area contributed by atoms with E-state index in [2.05, 4.69) is 12.2 Å². The van der Waals surface area contributed by atoms with Gasteiger partial charge in [0.1, 0.15) is 6.42 Å². The molecule has 0 bridgehead atoms. The molecule has 0 aromatic heterocycles. The molecular formula is C10H17NO3. The summed E-state index contributed by atoms with van der Waals surface area (Å²) in [7, 11) is 0. The second-order valence-corrected chi connectivity index (χ2v) is 3.04. The average molecular weight is 199 g/mol. The first-order valence-electron chi connectivity index (χ1n) is 4.83. The van der Waals surface area contributed by atoms with Crippen molar-refractivity contribution in [3.8, 4) is 0 Å². The number of carboxylic acids is 1. The molecule has 4 heteroatoms. The fourth-order valence-corrected chi connectivity index (χ4v) is 0.936. The molecule has 0 saturated heterocycles. The minimum absolute atomic E-state index is 0.473. The molecule has 2 N–H and O–H groups in total. The number of amides is 1. The molecule has 0 unspecified atom stereocenters. The molecule has 0 fully saturated rings. The molecule has 0 aliphatic heterocycles. The molecule has 0 radical (unpaired) electrons. The molecule has 0 spiro atoms. The molecule has 80 valence electrons. The van der Waals surface area contributed by atoms with Crippen LogP contribution >= 0.6 is 0 Å². The Labute approximate surface area is 84.0 Å². The summed E-state index contributed by atoms with van der Waals surface area (Å²) in [5.74, 6) is -1.59. The van der Waals surface area contributed by atoms with Crippen LogP contribution in [0, 0.1) is 0 Å². The zero-order chi connectivity index (χ0) is 10.8. The van der Waals surface area contributed by atoms with Gasteiger partial charge < -0.3 is 10.4 Å². The Bertz CT molecular complexity index is 211. The first kappa shape index (κ1) is 12.7. The highest BCUT2D eigenvalue weighted by Gasteiger charge is 2.03. The molecule has 4 nitrogen and oxygen atoms in total. The predicted molar refractivity (Wildman–Crippen MR) is 53.7 cm³/mol. The number of hydrogen-bond donors (Lipinski definition) is 2. The Kier molecular flexibility index (Phi) is 7.50. The van der Waals surface area contributed by atoms with Crippen LogP contribution in [0.15, 0.2) is 12.3 Å². The smallest absolute Gasteiger partial charge is 0.312 e. The van der Waals surface area contributed by atoms with Gasteiger partial charge in [-0.2, -0.15) is 0 Å². The third kappa shape index (κ3) is 8.77. The van der Waals surface area contributed by atoms with E-state index in [4.69, 9.17) is 5.11 Å². The lowest BCUT2D eigenvalue weighted by Gasteiger charge is -1.95. The molecule has 0 aromatic rings. The number of carboxylic acid groups (broad SMARTS) is 1. The maximum absolute atomic E-state index is 10.8. The maximum Gasteiger partial charge on any atom is 0.312 e. The zero-order valence-electron chi connectivity index (χ0n) is 8.45. The first-order chi connectivity index (χ1) is 6.66. The van der Waals surface area contributed by atoms with Gasteiger partial charge in [0.05, 0.1) is 0 Å². The van der Waals surface area contributed by atoms with Crippen molar-refractivity contribution in [3.63, 3.8) is 0 Å². The topological polar surface area (TPSA) is 66.4 Å². The van der Waals surface area contributed by atoms with Crippen LogP contribution in [0.3, 0.4) is 0 Å². The largest absolute Gasteiger partial charge is 0.481 e. The Balaban J connectivity index is 3.41. The average Bonchev–Trinajstić information content (AvgIpc) is 2.10. The van der Waals surface area contributed by atoms with Crippen molar-refractivity contribution in [2.45, 2.75) is 39.0 Å². The summed E-state index contributed by atoms with van der Waals surface area (Å²) >= 11 is 0. The summed E-state index contributed by atoms with van der Waals surface area (Å²) in [5.41, 5.74) is 0. The van der Waals surface area contributed by atoms with E-state index in [9.17, 15) is 9.59 Å². The molecule has 0 atom stereocenters. The highest BCUT2D eigenvalue weighted by Crippen LogP contribution is 1.98. The van der Waals surface area contributed by atoms with E-state index >= 15 is 0 Å². The van der Waals surface area contributed by atoms with Crippen LogP contribution in [0.5, 0.6) is 0 Å². The fraction of sp³-hybridized carbons (Fsp3) is 0.600. The standard InChI is InChI=1S/C10H17NO3/c1-2-3-4-5-6-7-11-9(12)8-10(13)14/h6-7H,2-5,8H2,1H3,(H,11,12)(H,13,14). The van der Waals surface area contributed by atoms with Crippen LogP contribution < -0.4 is 5.32 Å². The lowest BCUT2D eigenvalue weighted by molar-refractivity contribution is -0.140. The quantitative estimate of drug-likeness (QED) is 0.484. The Morgan fingerprint density at radius 3 is 2.64 bits per heavy atom. The van der Waals surface area contributed by atoms with Crippen LogP contribution in [-0.4, -0.2) is 17.0 Å². The third-order valence-corrected chi connectivity index (χ3v) is 1.65. The Morgan fingerprint density at radius 1 is 1.36 bits per heavy atom. The van der Waals surface area contributed by atoms with Gasteiger partial charge >= 0.3 is 5.97 Å². The molecule has 0 aliphatic rings. The highest BCUT2D eigenvalue weighted by atomic mass is 16.4. The maximum atomic E-state index is 10.8. The molecule has 0 rings (SSSR count). The number of allylic oxidation sites excluding steroid dienone is 1. The van der Waals surface area contributed by atoms with Crippen LogP contribution in [0.25, 0.3) is 0 Å². The molecule has 1 amide bonds. The SMILES string of the molecule is CCCCCC=CNC(=O)CC(=O)O. The third-order valence-electron chi connectivity index (χ3n) is 1.65. The summed E-state index contributed by atoms with van der Waals surface area (Å²) in [6.07, 6.45) is 7.24. The first-order valence-corrected chi connectivity index (χ1v) is 4.83.